The first-order valence-corrected chi connectivity index (χ1v) is 8.79. The molecule has 0 aliphatic carbocycles. The van der Waals surface area contributed by atoms with Crippen LogP contribution >= 0.6 is 33.9 Å². The Morgan fingerprint density at radius 1 is 1.00 bits per heavy atom. The van der Waals surface area contributed by atoms with E-state index in [1.54, 1.807) is 16.7 Å². The van der Waals surface area contributed by atoms with Gasteiger partial charge in [0.25, 0.3) is 0 Å². The Balaban J connectivity index is 3.36. The van der Waals surface area contributed by atoms with Gasteiger partial charge in [-0.05, 0) is 80.0 Å². The summed E-state index contributed by atoms with van der Waals surface area (Å²) in [5, 5.41) is 2.18. The van der Waals surface area contributed by atoms with Gasteiger partial charge in [-0.3, -0.25) is 0 Å². The summed E-state index contributed by atoms with van der Waals surface area (Å²) in [6.45, 7) is 9.09. The van der Waals surface area contributed by atoms with Crippen molar-refractivity contribution in [2.45, 2.75) is 53.4 Å². The summed E-state index contributed by atoms with van der Waals surface area (Å²) in [6, 6.07) is 4.41. The van der Waals surface area contributed by atoms with Gasteiger partial charge in [0.2, 0.25) is 0 Å². The fourth-order valence-electron chi connectivity index (χ4n) is 2.38. The van der Waals surface area contributed by atoms with Crippen molar-refractivity contribution in [2.24, 2.45) is 0 Å². The molecule has 18 heavy (non-hydrogen) atoms. The second-order valence-electron chi connectivity index (χ2n) is 4.23. The molecule has 0 saturated heterocycles. The van der Waals surface area contributed by atoms with Crippen LogP contribution in [0, 0.1) is 0 Å². The van der Waals surface area contributed by atoms with Crippen LogP contribution in [0.3, 0.4) is 0 Å². The van der Waals surface area contributed by atoms with Gasteiger partial charge in [-0.15, -0.1) is 11.3 Å². The number of allylic oxidation sites excluding steroid dienone is 4. The molecule has 1 aromatic heterocycles. The van der Waals surface area contributed by atoms with Crippen LogP contribution in [0.15, 0.2) is 32.2 Å². The average Bonchev–Trinajstić information content (AvgIpc) is 2.91. The number of thiophene rings is 1. The van der Waals surface area contributed by atoms with Crippen molar-refractivity contribution in [1.29, 1.82) is 0 Å². The molecule has 0 aromatic carbocycles. The maximum absolute atomic E-state index is 2.52. The Kier molecular flexibility index (Phi) is 7.23. The lowest BCUT2D eigenvalue weighted by molar-refractivity contribution is 0.991. The molecule has 0 spiro atoms. The highest BCUT2D eigenvalue weighted by Gasteiger charge is 2.13. The van der Waals surface area contributed by atoms with E-state index in [2.05, 4.69) is 67.8 Å². The summed E-state index contributed by atoms with van der Waals surface area (Å²) in [6.07, 6.45) is 4.55. The van der Waals surface area contributed by atoms with Crippen LogP contribution in [-0.4, -0.2) is 0 Å². The topological polar surface area (TPSA) is 0 Å². The lowest BCUT2D eigenvalue weighted by Crippen LogP contribution is -1.95. The minimum Gasteiger partial charge on any atom is -0.144 e. The first-order chi connectivity index (χ1) is 8.69. The largest absolute Gasteiger partial charge is 0.144 e. The highest BCUT2D eigenvalue weighted by atomic mass is 127. The number of rotatable bonds is 6. The first kappa shape index (κ1) is 16.0. The van der Waals surface area contributed by atoms with Crippen LogP contribution in [0.1, 0.15) is 58.3 Å². The summed E-state index contributed by atoms with van der Waals surface area (Å²) in [5.74, 6) is 0. The van der Waals surface area contributed by atoms with Crippen molar-refractivity contribution in [2.75, 3.05) is 0 Å². The molecule has 1 aromatic rings. The van der Waals surface area contributed by atoms with E-state index < -0.39 is 0 Å². The summed E-state index contributed by atoms with van der Waals surface area (Å²) >= 11 is 4.39. The lowest BCUT2D eigenvalue weighted by atomic mass is 9.92. The fourth-order valence-corrected chi connectivity index (χ4v) is 3.96. The van der Waals surface area contributed by atoms with Gasteiger partial charge in [0, 0.05) is 4.88 Å². The summed E-state index contributed by atoms with van der Waals surface area (Å²) in [5.41, 5.74) is 4.70. The molecule has 0 radical (unpaired) electrons. The van der Waals surface area contributed by atoms with Gasteiger partial charge in [-0.2, -0.15) is 0 Å². The summed E-state index contributed by atoms with van der Waals surface area (Å²) in [7, 11) is 0. The Bertz CT molecular complexity index is 424. The number of hydrogen-bond acceptors (Lipinski definition) is 1. The normalized spacial score (nSPS) is 14.3. The van der Waals surface area contributed by atoms with Crippen LogP contribution < -0.4 is 0 Å². The van der Waals surface area contributed by atoms with Gasteiger partial charge in [-0.1, -0.05) is 33.8 Å². The van der Waals surface area contributed by atoms with E-state index in [-0.39, 0.29) is 0 Å². The second kappa shape index (κ2) is 8.16. The summed E-state index contributed by atoms with van der Waals surface area (Å²) < 4.78 is 1.52. The van der Waals surface area contributed by atoms with Gasteiger partial charge in [0.15, 0.2) is 0 Å². The average molecular weight is 374 g/mol. The summed E-state index contributed by atoms with van der Waals surface area (Å²) in [4.78, 5) is 1.45. The molecule has 0 amide bonds. The fraction of sp³-hybridized carbons (Fsp3) is 0.500. The van der Waals surface area contributed by atoms with Crippen molar-refractivity contribution in [3.8, 4) is 0 Å². The number of halogens is 1. The van der Waals surface area contributed by atoms with Crippen molar-refractivity contribution >= 4 is 39.5 Å². The van der Waals surface area contributed by atoms with Crippen LogP contribution in [-0.2, 0) is 0 Å². The quantitative estimate of drug-likeness (QED) is 0.378. The molecule has 0 aliphatic rings. The molecule has 1 heterocycles. The second-order valence-corrected chi connectivity index (χ2v) is 6.48. The van der Waals surface area contributed by atoms with Gasteiger partial charge >= 0.3 is 0 Å². The van der Waals surface area contributed by atoms with E-state index in [1.165, 1.54) is 8.46 Å². The Hall–Kier alpha value is -0.0900. The molecule has 1 rings (SSSR count). The highest BCUT2D eigenvalue weighted by molar-refractivity contribution is 14.1. The molecule has 0 aliphatic heterocycles. The third kappa shape index (κ3) is 3.70. The van der Waals surface area contributed by atoms with E-state index >= 15 is 0 Å². The van der Waals surface area contributed by atoms with Gasteiger partial charge in [0.1, 0.15) is 0 Å². The predicted octanol–water partition coefficient (Wildman–Crippen LogP) is 6.83. The Labute approximate surface area is 129 Å². The third-order valence-electron chi connectivity index (χ3n) is 3.25. The Morgan fingerprint density at radius 3 is 2.06 bits per heavy atom. The Morgan fingerprint density at radius 2 is 1.67 bits per heavy atom. The smallest absolute Gasteiger partial charge is 0.0305 e. The minimum atomic E-state index is 1.13. The molecule has 0 unspecified atom stereocenters. The van der Waals surface area contributed by atoms with Crippen molar-refractivity contribution in [3.05, 3.63) is 37.1 Å². The van der Waals surface area contributed by atoms with E-state index in [0.29, 0.717) is 0 Å². The predicted molar refractivity (Wildman–Crippen MR) is 93.4 cm³/mol. The van der Waals surface area contributed by atoms with Gasteiger partial charge < -0.3 is 0 Å². The van der Waals surface area contributed by atoms with Crippen molar-refractivity contribution < 1.29 is 0 Å². The molecule has 0 bridgehead atoms. The lowest BCUT2D eigenvalue weighted by Gasteiger charge is -2.16. The minimum absolute atomic E-state index is 1.13. The van der Waals surface area contributed by atoms with E-state index in [0.717, 1.165) is 25.7 Å². The molecule has 0 saturated carbocycles. The molecule has 100 valence electrons. The SMILES string of the molecule is CC/C(I)=C(CC)/C(CC)=C(/CC)c1cccs1. The standard InChI is InChI=1S/C16H23IS/c1-5-12(13(6-2)15(17)8-4)14(7-3)16-10-9-11-18-16/h9-11H,5-8H2,1-4H3/b14-12-,15-13-. The molecule has 0 N–H and O–H groups in total. The molecule has 2 heteroatoms. The number of hydrogen-bond donors (Lipinski definition) is 0. The maximum atomic E-state index is 2.52. The zero-order valence-electron chi connectivity index (χ0n) is 11.8. The monoisotopic (exact) mass is 374 g/mol. The van der Waals surface area contributed by atoms with E-state index in [4.69, 9.17) is 0 Å². The van der Waals surface area contributed by atoms with Gasteiger partial charge in [0.05, 0.1) is 0 Å². The van der Waals surface area contributed by atoms with E-state index in [9.17, 15) is 0 Å². The zero-order valence-corrected chi connectivity index (χ0v) is 14.8. The molecular formula is C16H23IS. The highest BCUT2D eigenvalue weighted by Crippen LogP contribution is 2.36. The van der Waals surface area contributed by atoms with E-state index in [1.807, 2.05) is 11.3 Å². The van der Waals surface area contributed by atoms with Crippen molar-refractivity contribution in [3.63, 3.8) is 0 Å². The van der Waals surface area contributed by atoms with Crippen LogP contribution in [0.4, 0.5) is 0 Å². The molecule has 0 nitrogen and oxygen atoms in total. The van der Waals surface area contributed by atoms with Crippen LogP contribution in [0.25, 0.3) is 5.57 Å². The molecule has 0 atom stereocenters. The first-order valence-electron chi connectivity index (χ1n) is 6.83. The maximum Gasteiger partial charge on any atom is 0.0305 e. The van der Waals surface area contributed by atoms with Crippen LogP contribution in [0.2, 0.25) is 0 Å². The molecular weight excluding hydrogens is 351 g/mol. The zero-order chi connectivity index (χ0) is 13.5. The van der Waals surface area contributed by atoms with Crippen LogP contribution in [0.5, 0.6) is 0 Å². The third-order valence-corrected chi connectivity index (χ3v) is 5.59. The van der Waals surface area contributed by atoms with Gasteiger partial charge in [-0.25, -0.2) is 0 Å². The van der Waals surface area contributed by atoms with Crippen molar-refractivity contribution in [1.82, 2.24) is 0 Å². The molecule has 0 fully saturated rings.